The first-order valence-corrected chi connectivity index (χ1v) is 8.13. The summed E-state index contributed by atoms with van der Waals surface area (Å²) >= 11 is 5.66. The van der Waals surface area contributed by atoms with E-state index in [9.17, 15) is 17.6 Å². The van der Waals surface area contributed by atoms with E-state index in [2.05, 4.69) is 0 Å². The first kappa shape index (κ1) is 16.9. The number of hydrogen-bond acceptors (Lipinski definition) is 3. The maximum Gasteiger partial charge on any atom is 0.338 e. The topological polar surface area (TPSA) is 71.4 Å². The lowest BCUT2D eigenvalue weighted by molar-refractivity contribution is 0.0691. The van der Waals surface area contributed by atoms with Gasteiger partial charge in [-0.1, -0.05) is 25.4 Å². The Bertz CT molecular complexity index is 611. The van der Waals surface area contributed by atoms with Crippen LogP contribution in [0, 0.1) is 11.7 Å². The van der Waals surface area contributed by atoms with Gasteiger partial charge in [0, 0.05) is 5.02 Å². The quantitative estimate of drug-likeness (QED) is 0.871. The van der Waals surface area contributed by atoms with E-state index in [1.165, 1.54) is 0 Å². The fourth-order valence-electron chi connectivity index (χ4n) is 1.74. The predicted octanol–water partition coefficient (Wildman–Crippen LogP) is 3.39. The van der Waals surface area contributed by atoms with Gasteiger partial charge in [-0.25, -0.2) is 17.6 Å². The van der Waals surface area contributed by atoms with Crippen molar-refractivity contribution in [2.45, 2.75) is 31.6 Å². The van der Waals surface area contributed by atoms with E-state index in [1.807, 2.05) is 13.8 Å². The first-order valence-electron chi connectivity index (χ1n) is 6.10. The fourth-order valence-corrected chi connectivity index (χ4v) is 3.48. The molecule has 0 aromatic heterocycles. The minimum atomic E-state index is -3.89. The van der Waals surface area contributed by atoms with Gasteiger partial charge in [0.2, 0.25) is 0 Å². The van der Waals surface area contributed by atoms with Gasteiger partial charge in [0.05, 0.1) is 11.3 Å². The van der Waals surface area contributed by atoms with Gasteiger partial charge in [0.25, 0.3) is 0 Å². The number of benzene rings is 1. The Morgan fingerprint density at radius 2 is 2.00 bits per heavy atom. The molecule has 1 aromatic rings. The molecule has 0 saturated heterocycles. The molecule has 0 unspecified atom stereocenters. The number of rotatable bonds is 6. The van der Waals surface area contributed by atoms with Crippen LogP contribution in [-0.4, -0.2) is 25.2 Å². The van der Waals surface area contributed by atoms with Crippen molar-refractivity contribution in [3.63, 3.8) is 0 Å². The molecule has 7 heteroatoms. The van der Waals surface area contributed by atoms with Crippen LogP contribution in [0.1, 0.15) is 37.0 Å². The molecule has 4 nitrogen and oxygen atoms in total. The second kappa shape index (κ2) is 6.54. The van der Waals surface area contributed by atoms with E-state index in [0.717, 1.165) is 12.1 Å². The van der Waals surface area contributed by atoms with Crippen molar-refractivity contribution in [2.75, 3.05) is 5.75 Å². The molecule has 0 aliphatic carbocycles. The van der Waals surface area contributed by atoms with E-state index >= 15 is 0 Å². The van der Waals surface area contributed by atoms with Crippen molar-refractivity contribution in [2.24, 2.45) is 5.92 Å². The zero-order valence-electron chi connectivity index (χ0n) is 11.2. The first-order chi connectivity index (χ1) is 9.15. The molecule has 0 spiro atoms. The van der Waals surface area contributed by atoms with Gasteiger partial charge in [-0.3, -0.25) is 0 Å². The molecule has 0 heterocycles. The van der Waals surface area contributed by atoms with Crippen LogP contribution in [0.5, 0.6) is 0 Å². The number of carboxylic acid groups (broad SMARTS) is 1. The highest BCUT2D eigenvalue weighted by atomic mass is 35.5. The van der Waals surface area contributed by atoms with Crippen molar-refractivity contribution < 1.29 is 22.7 Å². The number of sulfone groups is 1. The highest BCUT2D eigenvalue weighted by molar-refractivity contribution is 7.91. The molecular weight excluding hydrogens is 307 g/mol. The van der Waals surface area contributed by atoms with E-state index in [4.69, 9.17) is 16.7 Å². The Kier molecular flexibility index (Phi) is 5.53. The van der Waals surface area contributed by atoms with E-state index < -0.39 is 32.1 Å². The van der Waals surface area contributed by atoms with Crippen LogP contribution in [0.2, 0.25) is 5.02 Å². The van der Waals surface area contributed by atoms with E-state index in [1.54, 1.807) is 0 Å². The smallest absolute Gasteiger partial charge is 0.338 e. The molecule has 0 amide bonds. The molecule has 0 bridgehead atoms. The number of hydrogen-bond donors (Lipinski definition) is 1. The van der Waals surface area contributed by atoms with Crippen molar-refractivity contribution in [1.29, 1.82) is 0 Å². The largest absolute Gasteiger partial charge is 0.478 e. The average molecular weight is 323 g/mol. The number of carboxylic acids is 1. The minimum Gasteiger partial charge on any atom is -0.478 e. The van der Waals surface area contributed by atoms with Gasteiger partial charge >= 0.3 is 5.97 Å². The lowest BCUT2D eigenvalue weighted by atomic mass is 10.1. The summed E-state index contributed by atoms with van der Waals surface area (Å²) in [6.45, 7) is 3.91. The predicted molar refractivity (Wildman–Crippen MR) is 74.5 cm³/mol. The van der Waals surface area contributed by atoms with Crippen molar-refractivity contribution in [3.8, 4) is 0 Å². The lowest BCUT2D eigenvalue weighted by Gasteiger charge is -2.09. The molecule has 112 valence electrons. The van der Waals surface area contributed by atoms with Gasteiger partial charge in [0.1, 0.15) is 4.90 Å². The van der Waals surface area contributed by atoms with Crippen LogP contribution in [0.4, 0.5) is 4.39 Å². The van der Waals surface area contributed by atoms with E-state index in [0.29, 0.717) is 18.8 Å². The van der Waals surface area contributed by atoms with Crippen LogP contribution in [0.3, 0.4) is 0 Å². The van der Waals surface area contributed by atoms with Crippen LogP contribution < -0.4 is 0 Å². The zero-order chi connectivity index (χ0) is 15.5. The SMILES string of the molecule is CC(C)CCCS(=O)(=O)c1cc(Cl)cc(C(=O)O)c1F. The minimum absolute atomic E-state index is 0.119. The molecule has 1 N–H and O–H groups in total. The Labute approximate surface area is 122 Å². The summed E-state index contributed by atoms with van der Waals surface area (Å²) in [5, 5.41) is 8.72. The molecule has 20 heavy (non-hydrogen) atoms. The van der Waals surface area contributed by atoms with E-state index in [-0.39, 0.29) is 10.8 Å². The van der Waals surface area contributed by atoms with Gasteiger partial charge in [-0.15, -0.1) is 0 Å². The summed E-state index contributed by atoms with van der Waals surface area (Å²) in [4.78, 5) is 10.2. The summed E-state index contributed by atoms with van der Waals surface area (Å²) in [6.07, 6.45) is 1.07. The standard InChI is InChI=1S/C13H16ClFO4S/c1-8(2)4-3-5-20(18,19)11-7-9(14)6-10(12(11)15)13(16)17/h6-8H,3-5H2,1-2H3,(H,16,17). The molecular formula is C13H16ClFO4S. The van der Waals surface area contributed by atoms with Gasteiger partial charge < -0.3 is 5.11 Å². The number of halogens is 2. The fraction of sp³-hybridized carbons (Fsp3) is 0.462. The van der Waals surface area contributed by atoms with Crippen LogP contribution in [-0.2, 0) is 9.84 Å². The third-order valence-corrected chi connectivity index (χ3v) is 4.78. The van der Waals surface area contributed by atoms with Gasteiger partial charge in [-0.05, 0) is 30.9 Å². The third-order valence-electron chi connectivity index (χ3n) is 2.76. The lowest BCUT2D eigenvalue weighted by Crippen LogP contribution is -2.13. The van der Waals surface area contributed by atoms with Crippen LogP contribution >= 0.6 is 11.6 Å². The molecule has 0 radical (unpaired) electrons. The highest BCUT2D eigenvalue weighted by Gasteiger charge is 2.24. The van der Waals surface area contributed by atoms with Gasteiger partial charge in [-0.2, -0.15) is 0 Å². The van der Waals surface area contributed by atoms with Crippen molar-refractivity contribution in [1.82, 2.24) is 0 Å². The second-order valence-corrected chi connectivity index (χ2v) is 7.44. The third kappa shape index (κ3) is 4.18. The molecule has 0 fully saturated rings. The molecule has 1 aromatic carbocycles. The van der Waals surface area contributed by atoms with Gasteiger partial charge in [0.15, 0.2) is 15.7 Å². The van der Waals surface area contributed by atoms with Crippen molar-refractivity contribution >= 4 is 27.4 Å². The van der Waals surface area contributed by atoms with Crippen LogP contribution in [0.15, 0.2) is 17.0 Å². The zero-order valence-corrected chi connectivity index (χ0v) is 12.8. The average Bonchev–Trinajstić information content (AvgIpc) is 2.30. The van der Waals surface area contributed by atoms with Crippen LogP contribution in [0.25, 0.3) is 0 Å². The molecule has 1 rings (SSSR count). The summed E-state index contributed by atoms with van der Waals surface area (Å²) in [6, 6.07) is 1.85. The Hall–Kier alpha value is -1.14. The summed E-state index contributed by atoms with van der Waals surface area (Å²) in [7, 11) is -3.89. The Morgan fingerprint density at radius 1 is 1.40 bits per heavy atom. The highest BCUT2D eigenvalue weighted by Crippen LogP contribution is 2.25. The monoisotopic (exact) mass is 322 g/mol. The Balaban J connectivity index is 3.15. The maximum absolute atomic E-state index is 14.0. The summed E-state index contributed by atoms with van der Waals surface area (Å²) in [5.41, 5.74) is -0.736. The molecule has 0 aliphatic heterocycles. The summed E-state index contributed by atoms with van der Waals surface area (Å²) in [5.74, 6) is -2.71. The normalized spacial score (nSPS) is 11.8. The van der Waals surface area contributed by atoms with Crippen molar-refractivity contribution in [3.05, 3.63) is 28.5 Å². The Morgan fingerprint density at radius 3 is 2.50 bits per heavy atom. The number of carbonyl (C=O) groups is 1. The molecule has 0 atom stereocenters. The molecule has 0 aliphatic rings. The maximum atomic E-state index is 14.0. The summed E-state index contributed by atoms with van der Waals surface area (Å²) < 4.78 is 38.1. The molecule has 0 saturated carbocycles. The number of aromatic carboxylic acids is 1. The second-order valence-electron chi connectivity index (χ2n) is 4.93.